The molecule has 7 nitrogen and oxygen atoms in total. The van der Waals surface area contributed by atoms with E-state index in [0.29, 0.717) is 0 Å². The average Bonchev–Trinajstić information content (AvgIpc) is 2.24. The molecule has 0 aromatic heterocycles. The number of nitrogens with one attached hydrogen (secondary N) is 1. The average molecular weight is 274 g/mol. The molecule has 2 fully saturated rings. The highest BCUT2D eigenvalue weighted by Gasteiger charge is 2.61. The van der Waals surface area contributed by atoms with Crippen LogP contribution in [0.2, 0.25) is 0 Å². The van der Waals surface area contributed by atoms with Gasteiger partial charge in [0, 0.05) is 12.7 Å². The van der Waals surface area contributed by atoms with E-state index >= 15 is 0 Å². The molecular weight excluding hydrogens is 260 g/mol. The van der Waals surface area contributed by atoms with Gasteiger partial charge in [0.1, 0.15) is 17.0 Å². The third-order valence-corrected chi connectivity index (χ3v) is 4.68. The summed E-state index contributed by atoms with van der Waals surface area (Å²) in [7, 11) is 0. The van der Waals surface area contributed by atoms with Crippen molar-refractivity contribution in [3.63, 3.8) is 0 Å². The minimum Gasteiger partial charge on any atom is -0.480 e. The van der Waals surface area contributed by atoms with Gasteiger partial charge in [-0.25, -0.2) is 4.79 Å². The second-order valence-electron chi connectivity index (χ2n) is 4.72. The predicted octanol–water partition coefficient (Wildman–Crippen LogP) is -1.39. The van der Waals surface area contributed by atoms with Gasteiger partial charge in [-0.05, 0) is 6.92 Å². The quantitative estimate of drug-likeness (QED) is 0.535. The van der Waals surface area contributed by atoms with Crippen LogP contribution in [0.25, 0.3) is 0 Å². The van der Waals surface area contributed by atoms with E-state index in [1.54, 1.807) is 0 Å². The van der Waals surface area contributed by atoms with Gasteiger partial charge in [-0.1, -0.05) is 0 Å². The van der Waals surface area contributed by atoms with Crippen LogP contribution >= 0.6 is 11.8 Å². The Kier molecular flexibility index (Phi) is 3.02. The zero-order chi connectivity index (χ0) is 13.7. The molecule has 8 heteroatoms. The Bertz CT molecular complexity index is 424. The smallest absolute Gasteiger partial charge is 0.329 e. The highest BCUT2D eigenvalue weighted by atomic mass is 32.2. The first-order valence-corrected chi connectivity index (χ1v) is 6.46. The number of carboxylic acid groups (broad SMARTS) is 1. The fourth-order valence-electron chi connectivity index (χ4n) is 2.31. The summed E-state index contributed by atoms with van der Waals surface area (Å²) in [6.07, 6.45) is 0. The molecule has 100 valence electrons. The van der Waals surface area contributed by atoms with Crippen LogP contribution in [0.5, 0.6) is 0 Å². The second kappa shape index (κ2) is 4.13. The van der Waals surface area contributed by atoms with E-state index in [1.165, 1.54) is 25.6 Å². The van der Waals surface area contributed by atoms with Crippen molar-refractivity contribution in [2.24, 2.45) is 0 Å². The van der Waals surface area contributed by atoms with Gasteiger partial charge in [-0.2, -0.15) is 0 Å². The van der Waals surface area contributed by atoms with Gasteiger partial charge in [0.15, 0.2) is 6.04 Å². The van der Waals surface area contributed by atoms with E-state index in [4.69, 9.17) is 5.11 Å². The third kappa shape index (κ3) is 1.85. The minimum atomic E-state index is -1.47. The topological polar surface area (TPSA) is 107 Å². The lowest BCUT2D eigenvalue weighted by Gasteiger charge is -2.55. The maximum absolute atomic E-state index is 11.9. The SMILES string of the molecule is CC(=O)NC1C(=O)N2C(C(=O)O)C(C)(O)CS[C@H]12. The number of hydrogen-bond donors (Lipinski definition) is 3. The normalized spacial score (nSPS) is 38.7. The molecule has 0 aliphatic carbocycles. The number of β-lactam (4-membered cyclic amide) rings is 1. The van der Waals surface area contributed by atoms with Crippen LogP contribution in [-0.4, -0.2) is 61.7 Å². The number of fused-ring (bicyclic) bond motifs is 1. The summed E-state index contributed by atoms with van der Waals surface area (Å²) < 4.78 is 0. The molecule has 2 heterocycles. The monoisotopic (exact) mass is 274 g/mol. The summed E-state index contributed by atoms with van der Waals surface area (Å²) in [6, 6.07) is -1.95. The molecule has 3 unspecified atom stereocenters. The van der Waals surface area contributed by atoms with E-state index in [0.717, 1.165) is 4.90 Å². The van der Waals surface area contributed by atoms with Gasteiger partial charge in [0.25, 0.3) is 0 Å². The highest BCUT2D eigenvalue weighted by molar-refractivity contribution is 8.00. The van der Waals surface area contributed by atoms with Crippen LogP contribution in [0, 0.1) is 0 Å². The molecular formula is C10H14N2O5S. The molecule has 0 aromatic carbocycles. The lowest BCUT2D eigenvalue weighted by atomic mass is 9.91. The van der Waals surface area contributed by atoms with Crippen molar-refractivity contribution in [3.05, 3.63) is 0 Å². The molecule has 2 rings (SSSR count). The summed E-state index contributed by atoms with van der Waals surface area (Å²) >= 11 is 1.27. The second-order valence-corrected chi connectivity index (χ2v) is 5.83. The summed E-state index contributed by atoms with van der Waals surface area (Å²) in [5.41, 5.74) is -1.47. The van der Waals surface area contributed by atoms with Crippen molar-refractivity contribution in [1.82, 2.24) is 10.2 Å². The standard InChI is InChI=1S/C10H14N2O5S/c1-4(13)11-5-7(14)12-6(9(15)16)10(2,17)3-18-8(5)12/h5-6,8,17H,3H2,1-2H3,(H,11,13)(H,15,16)/t5?,6?,8-,10?/m1/s1. The molecule has 3 N–H and O–H groups in total. The Hall–Kier alpha value is -1.28. The maximum Gasteiger partial charge on any atom is 0.329 e. The number of nitrogens with zero attached hydrogens (tertiary/aromatic N) is 1. The summed E-state index contributed by atoms with van der Waals surface area (Å²) in [6.45, 7) is 2.70. The van der Waals surface area contributed by atoms with E-state index in [9.17, 15) is 19.5 Å². The molecule has 18 heavy (non-hydrogen) atoms. The number of carboxylic acids is 1. The third-order valence-electron chi connectivity index (χ3n) is 3.09. The Labute approximate surface area is 108 Å². The number of amides is 2. The van der Waals surface area contributed by atoms with Crippen molar-refractivity contribution in [2.45, 2.75) is 36.9 Å². The molecule has 4 atom stereocenters. The van der Waals surface area contributed by atoms with Crippen molar-refractivity contribution >= 4 is 29.5 Å². The predicted molar refractivity (Wildman–Crippen MR) is 62.7 cm³/mol. The Morgan fingerprint density at radius 3 is 2.67 bits per heavy atom. The first-order chi connectivity index (χ1) is 8.25. The molecule has 2 aliphatic heterocycles. The number of aliphatic hydroxyl groups is 1. The number of hydrogen-bond acceptors (Lipinski definition) is 5. The van der Waals surface area contributed by atoms with Crippen LogP contribution in [0.4, 0.5) is 0 Å². The molecule has 0 bridgehead atoms. The maximum atomic E-state index is 11.9. The number of rotatable bonds is 2. The van der Waals surface area contributed by atoms with Crippen molar-refractivity contribution in [3.8, 4) is 0 Å². The number of thioether (sulfide) groups is 1. The molecule has 0 aromatic rings. The Morgan fingerprint density at radius 1 is 1.56 bits per heavy atom. The van der Waals surface area contributed by atoms with E-state index in [2.05, 4.69) is 5.32 Å². The lowest BCUT2D eigenvalue weighted by molar-refractivity contribution is -0.174. The molecule has 2 saturated heterocycles. The molecule has 0 spiro atoms. The Balaban J connectivity index is 2.21. The van der Waals surface area contributed by atoms with Gasteiger partial charge < -0.3 is 20.4 Å². The fraction of sp³-hybridized carbons (Fsp3) is 0.700. The molecule has 2 aliphatic rings. The minimum absolute atomic E-state index is 0.203. The first kappa shape index (κ1) is 13.2. The van der Waals surface area contributed by atoms with E-state index in [-0.39, 0.29) is 11.7 Å². The van der Waals surface area contributed by atoms with Crippen LogP contribution < -0.4 is 5.32 Å². The van der Waals surface area contributed by atoms with Gasteiger partial charge in [-0.3, -0.25) is 9.59 Å². The van der Waals surface area contributed by atoms with Crippen molar-refractivity contribution < 1.29 is 24.6 Å². The fourth-order valence-corrected chi connectivity index (χ4v) is 3.74. The largest absolute Gasteiger partial charge is 0.480 e. The number of carbonyl (C=O) groups excluding carboxylic acids is 2. The zero-order valence-electron chi connectivity index (χ0n) is 9.91. The van der Waals surface area contributed by atoms with Crippen LogP contribution in [0.3, 0.4) is 0 Å². The van der Waals surface area contributed by atoms with Crippen LogP contribution in [0.15, 0.2) is 0 Å². The van der Waals surface area contributed by atoms with Crippen molar-refractivity contribution in [1.29, 1.82) is 0 Å². The van der Waals surface area contributed by atoms with Crippen LogP contribution in [0.1, 0.15) is 13.8 Å². The zero-order valence-corrected chi connectivity index (χ0v) is 10.7. The van der Waals surface area contributed by atoms with E-state index in [1.807, 2.05) is 0 Å². The summed E-state index contributed by atoms with van der Waals surface area (Å²) in [4.78, 5) is 35.1. The van der Waals surface area contributed by atoms with Crippen molar-refractivity contribution in [2.75, 3.05) is 5.75 Å². The van der Waals surface area contributed by atoms with Gasteiger partial charge in [0.05, 0.1) is 0 Å². The molecule has 0 saturated carbocycles. The summed E-state index contributed by atoms with van der Waals surface area (Å²) in [5.74, 6) is -1.83. The number of carbonyl (C=O) groups is 3. The lowest BCUT2D eigenvalue weighted by Crippen LogP contribution is -2.78. The van der Waals surface area contributed by atoms with Gasteiger partial charge >= 0.3 is 5.97 Å². The van der Waals surface area contributed by atoms with Gasteiger partial charge in [0.2, 0.25) is 11.8 Å². The first-order valence-electron chi connectivity index (χ1n) is 5.42. The summed E-state index contributed by atoms with van der Waals surface area (Å²) in [5, 5.41) is 21.2. The Morgan fingerprint density at radius 2 is 2.17 bits per heavy atom. The number of aliphatic carboxylic acids is 1. The highest BCUT2D eigenvalue weighted by Crippen LogP contribution is 2.42. The van der Waals surface area contributed by atoms with Crippen LogP contribution in [-0.2, 0) is 14.4 Å². The molecule has 0 radical (unpaired) electrons. The van der Waals surface area contributed by atoms with E-state index < -0.39 is 34.9 Å². The molecule has 2 amide bonds. The van der Waals surface area contributed by atoms with Gasteiger partial charge in [-0.15, -0.1) is 11.8 Å².